The lowest BCUT2D eigenvalue weighted by Gasteiger charge is -2.10. The van der Waals surface area contributed by atoms with Gasteiger partial charge in [-0.25, -0.2) is 9.97 Å². The van der Waals surface area contributed by atoms with Crippen molar-refractivity contribution in [2.75, 3.05) is 0 Å². The molecule has 1 heterocycles. The summed E-state index contributed by atoms with van der Waals surface area (Å²) in [5.74, 6) is 0.343. The Bertz CT molecular complexity index is 258. The molecule has 0 aromatic carbocycles. The molecule has 0 fully saturated rings. The highest BCUT2D eigenvalue weighted by Crippen LogP contribution is 2.29. The second-order valence-corrected chi connectivity index (χ2v) is 3.17. The number of hydrogen-bond donors (Lipinski definition) is 0. The number of ether oxygens (including phenoxy) is 1. The van der Waals surface area contributed by atoms with Gasteiger partial charge in [-0.15, -0.1) is 0 Å². The lowest BCUT2D eigenvalue weighted by Crippen LogP contribution is -2.07. The zero-order chi connectivity index (χ0) is 9.14. The van der Waals surface area contributed by atoms with E-state index in [-0.39, 0.29) is 16.4 Å². The van der Waals surface area contributed by atoms with Gasteiger partial charge in [0.25, 0.3) is 0 Å². The zero-order valence-electron chi connectivity index (χ0n) is 6.71. The standard InChI is InChI=1S/C7H8Cl2N2O/c1-4(2)12-5-6(8)10-3-11-7(5)9/h3-4H,1-2H3. The third kappa shape index (κ3) is 2.22. The molecule has 0 spiro atoms. The Kier molecular flexibility index (Phi) is 3.12. The molecule has 0 amide bonds. The monoisotopic (exact) mass is 206 g/mol. The van der Waals surface area contributed by atoms with E-state index in [0.29, 0.717) is 5.75 Å². The molecule has 5 heteroatoms. The minimum atomic E-state index is 0.00556. The van der Waals surface area contributed by atoms with Crippen LogP contribution in [0.3, 0.4) is 0 Å². The molecule has 0 atom stereocenters. The van der Waals surface area contributed by atoms with Crippen molar-refractivity contribution in [1.29, 1.82) is 0 Å². The first kappa shape index (κ1) is 9.55. The number of nitrogens with zero attached hydrogens (tertiary/aromatic N) is 2. The van der Waals surface area contributed by atoms with Crippen LogP contribution in [0.1, 0.15) is 13.8 Å². The summed E-state index contributed by atoms with van der Waals surface area (Å²) in [6, 6.07) is 0. The molecule has 0 aliphatic rings. The SMILES string of the molecule is CC(C)Oc1c(Cl)ncnc1Cl. The molecule has 0 bridgehead atoms. The third-order valence-corrected chi connectivity index (χ3v) is 1.61. The Labute approximate surface area is 80.7 Å². The number of rotatable bonds is 2. The van der Waals surface area contributed by atoms with Gasteiger partial charge in [0.2, 0.25) is 0 Å². The van der Waals surface area contributed by atoms with Gasteiger partial charge in [0.15, 0.2) is 16.1 Å². The van der Waals surface area contributed by atoms with Crippen molar-refractivity contribution in [3.63, 3.8) is 0 Å². The zero-order valence-corrected chi connectivity index (χ0v) is 8.23. The van der Waals surface area contributed by atoms with Gasteiger partial charge in [-0.1, -0.05) is 23.2 Å². The van der Waals surface area contributed by atoms with Gasteiger partial charge in [0.05, 0.1) is 6.10 Å². The van der Waals surface area contributed by atoms with E-state index in [1.165, 1.54) is 6.33 Å². The van der Waals surface area contributed by atoms with E-state index in [4.69, 9.17) is 27.9 Å². The largest absolute Gasteiger partial charge is 0.485 e. The molecule has 1 aromatic heterocycles. The van der Waals surface area contributed by atoms with Crippen molar-refractivity contribution >= 4 is 23.2 Å². The van der Waals surface area contributed by atoms with E-state index >= 15 is 0 Å². The second-order valence-electron chi connectivity index (χ2n) is 2.45. The maximum absolute atomic E-state index is 5.71. The summed E-state index contributed by atoms with van der Waals surface area (Å²) in [6.45, 7) is 3.75. The molecule has 66 valence electrons. The van der Waals surface area contributed by atoms with Crippen molar-refractivity contribution in [3.05, 3.63) is 16.6 Å². The molecule has 1 aromatic rings. The van der Waals surface area contributed by atoms with Crippen LogP contribution >= 0.6 is 23.2 Å². The van der Waals surface area contributed by atoms with E-state index < -0.39 is 0 Å². The predicted octanol–water partition coefficient (Wildman–Crippen LogP) is 2.57. The van der Waals surface area contributed by atoms with Gasteiger partial charge < -0.3 is 4.74 Å². The lowest BCUT2D eigenvalue weighted by molar-refractivity contribution is 0.241. The van der Waals surface area contributed by atoms with Crippen LogP contribution in [0, 0.1) is 0 Å². The molecular weight excluding hydrogens is 199 g/mol. The average molecular weight is 207 g/mol. The first-order chi connectivity index (χ1) is 5.61. The van der Waals surface area contributed by atoms with Crippen LogP contribution in [-0.4, -0.2) is 16.1 Å². The first-order valence-corrected chi connectivity index (χ1v) is 4.19. The normalized spacial score (nSPS) is 10.4. The minimum Gasteiger partial charge on any atom is -0.485 e. The fraction of sp³-hybridized carbons (Fsp3) is 0.429. The topological polar surface area (TPSA) is 35.0 Å². The Morgan fingerprint density at radius 3 is 2.17 bits per heavy atom. The Morgan fingerprint density at radius 1 is 1.25 bits per heavy atom. The molecule has 0 N–H and O–H groups in total. The summed E-state index contributed by atoms with van der Waals surface area (Å²) in [6.07, 6.45) is 1.30. The molecule has 0 saturated carbocycles. The van der Waals surface area contributed by atoms with Crippen LogP contribution in [0.25, 0.3) is 0 Å². The predicted molar refractivity (Wildman–Crippen MR) is 47.8 cm³/mol. The number of halogens is 2. The van der Waals surface area contributed by atoms with E-state index in [1.807, 2.05) is 13.8 Å². The van der Waals surface area contributed by atoms with Gasteiger partial charge in [0.1, 0.15) is 6.33 Å². The van der Waals surface area contributed by atoms with Crippen molar-refractivity contribution in [1.82, 2.24) is 9.97 Å². The summed E-state index contributed by atoms with van der Waals surface area (Å²) in [5, 5.41) is 0.479. The van der Waals surface area contributed by atoms with E-state index in [2.05, 4.69) is 9.97 Å². The van der Waals surface area contributed by atoms with E-state index in [9.17, 15) is 0 Å². The van der Waals surface area contributed by atoms with E-state index in [0.717, 1.165) is 0 Å². The Balaban J connectivity index is 2.96. The average Bonchev–Trinajstić information content (AvgIpc) is 1.97. The highest BCUT2D eigenvalue weighted by Gasteiger charge is 2.10. The molecule has 0 radical (unpaired) electrons. The molecule has 12 heavy (non-hydrogen) atoms. The van der Waals surface area contributed by atoms with Gasteiger partial charge >= 0.3 is 0 Å². The van der Waals surface area contributed by atoms with Crippen LogP contribution in [-0.2, 0) is 0 Å². The molecule has 0 unspecified atom stereocenters. The number of hydrogen-bond acceptors (Lipinski definition) is 3. The summed E-state index contributed by atoms with van der Waals surface area (Å²) < 4.78 is 5.29. The maximum atomic E-state index is 5.71. The van der Waals surface area contributed by atoms with Crippen LogP contribution in [0.15, 0.2) is 6.33 Å². The molecular formula is C7H8Cl2N2O. The van der Waals surface area contributed by atoms with Crippen molar-refractivity contribution in [2.24, 2.45) is 0 Å². The van der Waals surface area contributed by atoms with Crippen molar-refractivity contribution in [2.45, 2.75) is 20.0 Å². The first-order valence-electron chi connectivity index (χ1n) is 3.44. The maximum Gasteiger partial charge on any atom is 0.194 e. The third-order valence-electron chi connectivity index (χ3n) is 1.07. The van der Waals surface area contributed by atoms with Gasteiger partial charge in [-0.05, 0) is 13.8 Å². The molecule has 0 aliphatic carbocycles. The van der Waals surface area contributed by atoms with Crippen LogP contribution in [0.5, 0.6) is 5.75 Å². The smallest absolute Gasteiger partial charge is 0.194 e. The minimum absolute atomic E-state index is 0.00556. The van der Waals surface area contributed by atoms with Crippen LogP contribution < -0.4 is 4.74 Å². The second kappa shape index (κ2) is 3.92. The van der Waals surface area contributed by atoms with Crippen LogP contribution in [0.4, 0.5) is 0 Å². The van der Waals surface area contributed by atoms with E-state index in [1.54, 1.807) is 0 Å². The molecule has 0 saturated heterocycles. The van der Waals surface area contributed by atoms with Gasteiger partial charge in [0, 0.05) is 0 Å². The molecule has 0 aliphatic heterocycles. The number of aromatic nitrogens is 2. The summed E-state index contributed by atoms with van der Waals surface area (Å²) in [5.41, 5.74) is 0. The fourth-order valence-electron chi connectivity index (χ4n) is 0.666. The van der Waals surface area contributed by atoms with Gasteiger partial charge in [-0.3, -0.25) is 0 Å². The Morgan fingerprint density at radius 2 is 1.75 bits per heavy atom. The van der Waals surface area contributed by atoms with Crippen LogP contribution in [0.2, 0.25) is 10.3 Å². The van der Waals surface area contributed by atoms with Crippen molar-refractivity contribution < 1.29 is 4.74 Å². The van der Waals surface area contributed by atoms with Crippen molar-refractivity contribution in [3.8, 4) is 5.75 Å². The summed E-state index contributed by atoms with van der Waals surface area (Å²) >= 11 is 11.4. The Hall–Kier alpha value is -0.540. The highest BCUT2D eigenvalue weighted by molar-refractivity contribution is 6.35. The molecule has 3 nitrogen and oxygen atoms in total. The molecule has 1 rings (SSSR count). The summed E-state index contributed by atoms with van der Waals surface area (Å²) in [4.78, 5) is 7.48. The fourth-order valence-corrected chi connectivity index (χ4v) is 1.07. The summed E-state index contributed by atoms with van der Waals surface area (Å²) in [7, 11) is 0. The highest BCUT2D eigenvalue weighted by atomic mass is 35.5. The van der Waals surface area contributed by atoms with Gasteiger partial charge in [-0.2, -0.15) is 0 Å². The quantitative estimate of drug-likeness (QED) is 0.699. The lowest BCUT2D eigenvalue weighted by atomic mass is 10.5.